The summed E-state index contributed by atoms with van der Waals surface area (Å²) in [6, 6.07) is 20.0. The van der Waals surface area contributed by atoms with Crippen LogP contribution in [0.5, 0.6) is 0 Å². The zero-order valence-corrected chi connectivity index (χ0v) is 11.9. The maximum absolute atomic E-state index is 5.43. The molecule has 0 amide bonds. The van der Waals surface area contributed by atoms with E-state index in [9.17, 15) is 0 Å². The van der Waals surface area contributed by atoms with Crippen molar-refractivity contribution in [2.24, 2.45) is 0 Å². The molecule has 4 aromatic rings. The molecule has 2 heterocycles. The summed E-state index contributed by atoms with van der Waals surface area (Å²) in [6.45, 7) is 0. The number of nitrogens with zero attached hydrogens (tertiary/aromatic N) is 2. The van der Waals surface area contributed by atoms with Crippen LogP contribution in [0.1, 0.15) is 0 Å². The Balaban J connectivity index is 1.86. The fraction of sp³-hybridized carbons (Fsp3) is 0. The summed E-state index contributed by atoms with van der Waals surface area (Å²) in [6.07, 6.45) is 0. The Kier molecular flexibility index (Phi) is 2.72. The van der Waals surface area contributed by atoms with Gasteiger partial charge in [0.05, 0.1) is 16.7 Å². The van der Waals surface area contributed by atoms with Gasteiger partial charge in [0.2, 0.25) is 5.95 Å². The van der Waals surface area contributed by atoms with E-state index in [0.717, 1.165) is 22.3 Å². The molecule has 0 fully saturated rings. The van der Waals surface area contributed by atoms with Gasteiger partial charge < -0.3 is 4.98 Å². The highest BCUT2D eigenvalue weighted by molar-refractivity contribution is 7.71. The van der Waals surface area contributed by atoms with Crippen LogP contribution in [0.4, 0.5) is 0 Å². The first-order chi connectivity index (χ1) is 10.3. The third kappa shape index (κ3) is 2.08. The molecular formula is C16H12N4S. The molecule has 0 saturated carbocycles. The summed E-state index contributed by atoms with van der Waals surface area (Å²) in [5.41, 5.74) is 3.98. The number of aromatic amines is 2. The van der Waals surface area contributed by atoms with Crippen LogP contribution in [-0.4, -0.2) is 19.7 Å². The second-order valence-electron chi connectivity index (χ2n) is 4.79. The number of hydrogen-bond acceptors (Lipinski definition) is 2. The number of rotatable bonds is 2. The molecule has 0 unspecified atom stereocenters. The Morgan fingerprint density at radius 1 is 0.952 bits per heavy atom. The first-order valence-corrected chi connectivity index (χ1v) is 7.05. The van der Waals surface area contributed by atoms with Crippen LogP contribution in [-0.2, 0) is 0 Å². The monoisotopic (exact) mass is 292 g/mol. The molecule has 102 valence electrons. The highest BCUT2D eigenvalue weighted by Crippen LogP contribution is 2.19. The predicted molar refractivity (Wildman–Crippen MR) is 86.0 cm³/mol. The highest BCUT2D eigenvalue weighted by Gasteiger charge is 2.08. The molecule has 2 aromatic heterocycles. The molecule has 2 aromatic carbocycles. The molecule has 0 spiro atoms. The van der Waals surface area contributed by atoms with Crippen LogP contribution in [0, 0.1) is 4.64 Å². The summed E-state index contributed by atoms with van der Waals surface area (Å²) in [5.74, 6) is 0.698. The largest absolute Gasteiger partial charge is 0.322 e. The maximum Gasteiger partial charge on any atom is 0.228 e. The van der Waals surface area contributed by atoms with Gasteiger partial charge in [-0.25, -0.2) is 9.67 Å². The molecule has 0 aliphatic heterocycles. The first-order valence-electron chi connectivity index (χ1n) is 6.64. The fourth-order valence-corrected chi connectivity index (χ4v) is 2.61. The molecule has 0 aliphatic carbocycles. The molecule has 5 heteroatoms. The molecule has 0 radical (unpaired) electrons. The van der Waals surface area contributed by atoms with Crippen LogP contribution in [0.3, 0.4) is 0 Å². The van der Waals surface area contributed by atoms with E-state index < -0.39 is 0 Å². The van der Waals surface area contributed by atoms with Gasteiger partial charge in [-0.2, -0.15) is 0 Å². The SMILES string of the molecule is S=c1cc(-c2ccccc2)[nH]n1-c1nc2ccccc2[nH]1. The highest BCUT2D eigenvalue weighted by atomic mass is 32.1. The van der Waals surface area contributed by atoms with E-state index in [0.29, 0.717) is 10.6 Å². The third-order valence-electron chi connectivity index (χ3n) is 3.39. The third-order valence-corrected chi connectivity index (χ3v) is 3.69. The van der Waals surface area contributed by atoms with E-state index in [1.165, 1.54) is 0 Å². The van der Waals surface area contributed by atoms with Crippen molar-refractivity contribution in [3.05, 3.63) is 65.3 Å². The molecule has 0 bridgehead atoms. The number of nitrogens with one attached hydrogen (secondary N) is 2. The second kappa shape index (κ2) is 4.71. The molecule has 0 saturated heterocycles. The minimum atomic E-state index is 0.688. The van der Waals surface area contributed by atoms with Crippen molar-refractivity contribution in [2.75, 3.05) is 0 Å². The van der Waals surface area contributed by atoms with Crippen LogP contribution in [0.15, 0.2) is 60.7 Å². The van der Waals surface area contributed by atoms with Gasteiger partial charge in [-0.15, -0.1) is 0 Å². The van der Waals surface area contributed by atoms with E-state index in [4.69, 9.17) is 12.2 Å². The summed E-state index contributed by atoms with van der Waals surface area (Å²) >= 11 is 5.43. The summed E-state index contributed by atoms with van der Waals surface area (Å²) in [4.78, 5) is 7.83. The molecule has 4 rings (SSSR count). The van der Waals surface area contributed by atoms with Crippen LogP contribution >= 0.6 is 12.2 Å². The minimum absolute atomic E-state index is 0.688. The standard InChI is InChI=1S/C16H12N4S/c21-15-10-14(11-6-2-1-3-7-11)19-20(15)16-17-12-8-4-5-9-13(12)18-16/h1-10,19H,(H,17,18). The Bertz CT molecular complexity index is 930. The van der Waals surface area contributed by atoms with Gasteiger partial charge in [0, 0.05) is 6.07 Å². The van der Waals surface area contributed by atoms with Crippen molar-refractivity contribution in [1.82, 2.24) is 19.7 Å². The number of para-hydroxylation sites is 2. The molecule has 4 nitrogen and oxygen atoms in total. The smallest absolute Gasteiger partial charge is 0.228 e. The summed E-state index contributed by atoms with van der Waals surface area (Å²) < 4.78 is 2.48. The van der Waals surface area contributed by atoms with Gasteiger partial charge in [-0.3, -0.25) is 5.10 Å². The summed E-state index contributed by atoms with van der Waals surface area (Å²) in [7, 11) is 0. The average Bonchev–Trinajstić information content (AvgIpc) is 3.11. The lowest BCUT2D eigenvalue weighted by Crippen LogP contribution is -1.98. The van der Waals surface area contributed by atoms with Crippen LogP contribution in [0.25, 0.3) is 28.2 Å². The van der Waals surface area contributed by atoms with E-state index in [-0.39, 0.29) is 0 Å². The van der Waals surface area contributed by atoms with Crippen molar-refractivity contribution in [1.29, 1.82) is 0 Å². The van der Waals surface area contributed by atoms with Gasteiger partial charge in [0.15, 0.2) is 0 Å². The number of H-pyrrole nitrogens is 2. The van der Waals surface area contributed by atoms with Gasteiger partial charge in [0.25, 0.3) is 0 Å². The lowest BCUT2D eigenvalue weighted by molar-refractivity contribution is 0.822. The number of hydrogen-bond donors (Lipinski definition) is 2. The van der Waals surface area contributed by atoms with Gasteiger partial charge >= 0.3 is 0 Å². The summed E-state index contributed by atoms with van der Waals surface area (Å²) in [5, 5.41) is 3.29. The van der Waals surface area contributed by atoms with Crippen molar-refractivity contribution >= 4 is 23.3 Å². The van der Waals surface area contributed by atoms with E-state index in [2.05, 4.69) is 15.1 Å². The quantitative estimate of drug-likeness (QED) is 0.547. The van der Waals surface area contributed by atoms with Gasteiger partial charge in [-0.1, -0.05) is 54.7 Å². The van der Waals surface area contributed by atoms with Crippen molar-refractivity contribution in [3.63, 3.8) is 0 Å². The van der Waals surface area contributed by atoms with Crippen LogP contribution < -0.4 is 0 Å². The minimum Gasteiger partial charge on any atom is -0.322 e. The molecular weight excluding hydrogens is 280 g/mol. The average molecular weight is 292 g/mol. The fourth-order valence-electron chi connectivity index (χ4n) is 2.36. The van der Waals surface area contributed by atoms with Crippen molar-refractivity contribution in [3.8, 4) is 17.2 Å². The topological polar surface area (TPSA) is 49.4 Å². The number of aromatic nitrogens is 4. The van der Waals surface area contributed by atoms with E-state index >= 15 is 0 Å². The van der Waals surface area contributed by atoms with Crippen molar-refractivity contribution in [2.45, 2.75) is 0 Å². The van der Waals surface area contributed by atoms with Crippen molar-refractivity contribution < 1.29 is 0 Å². The molecule has 0 aliphatic rings. The normalized spacial score (nSPS) is 11.0. The zero-order chi connectivity index (χ0) is 14.2. The Labute approximate surface area is 126 Å². The maximum atomic E-state index is 5.43. The first kappa shape index (κ1) is 12.1. The second-order valence-corrected chi connectivity index (χ2v) is 5.21. The zero-order valence-electron chi connectivity index (χ0n) is 11.1. The van der Waals surface area contributed by atoms with E-state index in [1.807, 2.05) is 60.7 Å². The van der Waals surface area contributed by atoms with Crippen LogP contribution in [0.2, 0.25) is 0 Å². The number of fused-ring (bicyclic) bond motifs is 1. The molecule has 2 N–H and O–H groups in total. The molecule has 21 heavy (non-hydrogen) atoms. The Morgan fingerprint density at radius 3 is 2.52 bits per heavy atom. The van der Waals surface area contributed by atoms with E-state index in [1.54, 1.807) is 4.68 Å². The Hall–Kier alpha value is -2.66. The predicted octanol–water partition coefficient (Wildman–Crippen LogP) is 4.08. The van der Waals surface area contributed by atoms with Gasteiger partial charge in [-0.05, 0) is 17.7 Å². The molecule has 0 atom stereocenters. The van der Waals surface area contributed by atoms with Gasteiger partial charge in [0.1, 0.15) is 4.64 Å². The number of imidazole rings is 1. The lowest BCUT2D eigenvalue weighted by atomic mass is 10.2. The lowest BCUT2D eigenvalue weighted by Gasteiger charge is -1.98. The Morgan fingerprint density at radius 2 is 1.71 bits per heavy atom. The number of benzene rings is 2.